The average molecular weight is 255 g/mol. The third kappa shape index (κ3) is 3.75. The molecular formula is C12H15ClN2O2. The first-order valence-electron chi connectivity index (χ1n) is 5.40. The first kappa shape index (κ1) is 13.5. The highest BCUT2D eigenvalue weighted by Gasteiger charge is 2.14. The van der Waals surface area contributed by atoms with Crippen LogP contribution in [0.2, 0.25) is 5.02 Å². The van der Waals surface area contributed by atoms with Gasteiger partial charge in [0.2, 0.25) is 0 Å². The molecule has 0 unspecified atom stereocenters. The Balaban J connectivity index is 2.68. The van der Waals surface area contributed by atoms with Crippen molar-refractivity contribution in [1.29, 1.82) is 0 Å². The predicted octanol–water partition coefficient (Wildman–Crippen LogP) is 2.11. The Morgan fingerprint density at radius 3 is 2.65 bits per heavy atom. The largest absolute Gasteiger partial charge is 0.348 e. The summed E-state index contributed by atoms with van der Waals surface area (Å²) in [4.78, 5) is 22.9. The van der Waals surface area contributed by atoms with Gasteiger partial charge in [0.1, 0.15) is 0 Å². The molecule has 0 aliphatic rings. The number of halogens is 1. The number of rotatable bonds is 3. The van der Waals surface area contributed by atoms with Crippen molar-refractivity contribution < 1.29 is 9.59 Å². The number of anilines is 1. The summed E-state index contributed by atoms with van der Waals surface area (Å²) in [6.07, 6.45) is 0.787. The monoisotopic (exact) mass is 254 g/mol. The maximum absolute atomic E-state index is 11.5. The number of hydrogen-bond acceptors (Lipinski definition) is 2. The summed E-state index contributed by atoms with van der Waals surface area (Å²) < 4.78 is 0. The van der Waals surface area contributed by atoms with Crippen molar-refractivity contribution in [3.8, 4) is 0 Å². The van der Waals surface area contributed by atoms with E-state index in [-0.39, 0.29) is 0 Å². The van der Waals surface area contributed by atoms with E-state index in [1.54, 1.807) is 25.1 Å². The van der Waals surface area contributed by atoms with Crippen molar-refractivity contribution in [1.82, 2.24) is 5.32 Å². The number of hydrogen-bond donors (Lipinski definition) is 2. The fourth-order valence-corrected chi connectivity index (χ4v) is 1.42. The standard InChI is InChI=1S/C12H15ClN2O2/c1-3-7-14-11(16)12(17)15-10-6-4-5-9(13)8(10)2/h4-6H,3,7H2,1-2H3,(H,14,16)(H,15,17). The number of nitrogens with one attached hydrogen (secondary N) is 2. The molecule has 0 saturated carbocycles. The van der Waals surface area contributed by atoms with Gasteiger partial charge in [-0.15, -0.1) is 0 Å². The Morgan fingerprint density at radius 1 is 1.29 bits per heavy atom. The number of carbonyl (C=O) groups is 2. The Bertz CT molecular complexity index is 433. The summed E-state index contributed by atoms with van der Waals surface area (Å²) in [6.45, 7) is 4.18. The molecule has 92 valence electrons. The van der Waals surface area contributed by atoms with E-state index in [1.807, 2.05) is 6.92 Å². The lowest BCUT2D eigenvalue weighted by atomic mass is 10.2. The van der Waals surface area contributed by atoms with Crippen molar-refractivity contribution in [3.63, 3.8) is 0 Å². The maximum atomic E-state index is 11.5. The Kier molecular flexibility index (Phi) is 4.97. The lowest BCUT2D eigenvalue weighted by molar-refractivity contribution is -0.136. The van der Waals surface area contributed by atoms with Gasteiger partial charge in [-0.05, 0) is 31.0 Å². The first-order chi connectivity index (χ1) is 8.06. The number of benzene rings is 1. The zero-order valence-corrected chi connectivity index (χ0v) is 10.6. The molecule has 1 aromatic carbocycles. The van der Waals surface area contributed by atoms with Crippen molar-refractivity contribution in [2.24, 2.45) is 0 Å². The molecule has 4 nitrogen and oxygen atoms in total. The van der Waals surface area contributed by atoms with Gasteiger partial charge in [0.05, 0.1) is 0 Å². The molecule has 0 aliphatic carbocycles. The van der Waals surface area contributed by atoms with Gasteiger partial charge in [-0.25, -0.2) is 0 Å². The lowest BCUT2D eigenvalue weighted by Crippen LogP contribution is -2.35. The summed E-state index contributed by atoms with van der Waals surface area (Å²) in [5.74, 6) is -1.31. The minimum Gasteiger partial charge on any atom is -0.348 e. The van der Waals surface area contributed by atoms with E-state index >= 15 is 0 Å². The molecule has 0 atom stereocenters. The summed E-state index contributed by atoms with van der Waals surface area (Å²) in [5, 5.41) is 5.58. The third-order valence-electron chi connectivity index (χ3n) is 2.26. The van der Waals surface area contributed by atoms with Gasteiger partial charge in [-0.3, -0.25) is 9.59 Å². The highest BCUT2D eigenvalue weighted by atomic mass is 35.5. The van der Waals surface area contributed by atoms with E-state index in [4.69, 9.17) is 11.6 Å². The molecule has 1 aromatic rings. The lowest BCUT2D eigenvalue weighted by Gasteiger charge is -2.09. The summed E-state index contributed by atoms with van der Waals surface area (Å²) in [6, 6.07) is 5.14. The predicted molar refractivity (Wildman–Crippen MR) is 68.1 cm³/mol. The fourth-order valence-electron chi connectivity index (χ4n) is 1.24. The second kappa shape index (κ2) is 6.25. The van der Waals surface area contributed by atoms with Crippen LogP contribution >= 0.6 is 11.6 Å². The molecule has 5 heteroatoms. The van der Waals surface area contributed by atoms with Crippen molar-refractivity contribution >= 4 is 29.1 Å². The van der Waals surface area contributed by atoms with Crippen LogP contribution in [0.1, 0.15) is 18.9 Å². The fraction of sp³-hybridized carbons (Fsp3) is 0.333. The first-order valence-corrected chi connectivity index (χ1v) is 5.78. The molecular weight excluding hydrogens is 240 g/mol. The van der Waals surface area contributed by atoms with Crippen LogP contribution in [0.4, 0.5) is 5.69 Å². The quantitative estimate of drug-likeness (QED) is 0.812. The van der Waals surface area contributed by atoms with Gasteiger partial charge in [0.15, 0.2) is 0 Å². The average Bonchev–Trinajstić information content (AvgIpc) is 2.31. The Hall–Kier alpha value is -1.55. The van der Waals surface area contributed by atoms with Gasteiger partial charge in [-0.2, -0.15) is 0 Å². The molecule has 17 heavy (non-hydrogen) atoms. The van der Waals surface area contributed by atoms with E-state index in [2.05, 4.69) is 10.6 Å². The summed E-state index contributed by atoms with van der Waals surface area (Å²) >= 11 is 5.91. The second-order valence-electron chi connectivity index (χ2n) is 3.62. The molecule has 0 aliphatic heterocycles. The highest BCUT2D eigenvalue weighted by molar-refractivity contribution is 6.40. The topological polar surface area (TPSA) is 58.2 Å². The van der Waals surface area contributed by atoms with E-state index in [1.165, 1.54) is 0 Å². The van der Waals surface area contributed by atoms with Crippen LogP contribution in [-0.2, 0) is 9.59 Å². The van der Waals surface area contributed by atoms with Crippen LogP contribution in [-0.4, -0.2) is 18.4 Å². The van der Waals surface area contributed by atoms with Crippen LogP contribution in [0.3, 0.4) is 0 Å². The summed E-state index contributed by atoms with van der Waals surface area (Å²) in [5.41, 5.74) is 1.29. The van der Waals surface area contributed by atoms with Gasteiger partial charge in [0.25, 0.3) is 0 Å². The zero-order chi connectivity index (χ0) is 12.8. The normalized spacial score (nSPS) is 9.82. The molecule has 2 N–H and O–H groups in total. The Labute approximate surface area is 105 Å². The molecule has 0 heterocycles. The zero-order valence-electron chi connectivity index (χ0n) is 9.84. The van der Waals surface area contributed by atoms with Crippen LogP contribution in [0.15, 0.2) is 18.2 Å². The minimum absolute atomic E-state index is 0.487. The molecule has 0 radical (unpaired) electrons. The summed E-state index contributed by atoms with van der Waals surface area (Å²) in [7, 11) is 0. The van der Waals surface area contributed by atoms with Crippen LogP contribution in [0.25, 0.3) is 0 Å². The molecule has 0 fully saturated rings. The Morgan fingerprint density at radius 2 is 2.00 bits per heavy atom. The second-order valence-corrected chi connectivity index (χ2v) is 4.03. The van der Waals surface area contributed by atoms with Gasteiger partial charge >= 0.3 is 11.8 Å². The molecule has 0 aromatic heterocycles. The van der Waals surface area contributed by atoms with E-state index in [0.29, 0.717) is 17.3 Å². The number of amides is 2. The van der Waals surface area contributed by atoms with E-state index in [9.17, 15) is 9.59 Å². The molecule has 1 rings (SSSR count). The van der Waals surface area contributed by atoms with Crippen molar-refractivity contribution in [2.75, 3.05) is 11.9 Å². The van der Waals surface area contributed by atoms with Crippen LogP contribution in [0.5, 0.6) is 0 Å². The molecule has 0 bridgehead atoms. The van der Waals surface area contributed by atoms with Gasteiger partial charge in [-0.1, -0.05) is 24.6 Å². The SMILES string of the molecule is CCCNC(=O)C(=O)Nc1cccc(Cl)c1C. The number of carbonyl (C=O) groups excluding carboxylic acids is 2. The van der Waals surface area contributed by atoms with E-state index < -0.39 is 11.8 Å². The van der Waals surface area contributed by atoms with Crippen LogP contribution in [0, 0.1) is 6.92 Å². The molecule has 0 saturated heterocycles. The highest BCUT2D eigenvalue weighted by Crippen LogP contribution is 2.22. The molecule has 2 amide bonds. The minimum atomic E-state index is -0.677. The maximum Gasteiger partial charge on any atom is 0.313 e. The third-order valence-corrected chi connectivity index (χ3v) is 2.67. The van der Waals surface area contributed by atoms with Gasteiger partial charge < -0.3 is 10.6 Å². The van der Waals surface area contributed by atoms with Crippen molar-refractivity contribution in [3.05, 3.63) is 28.8 Å². The van der Waals surface area contributed by atoms with Crippen LogP contribution < -0.4 is 10.6 Å². The van der Waals surface area contributed by atoms with Gasteiger partial charge in [0, 0.05) is 17.3 Å². The molecule has 0 spiro atoms. The van der Waals surface area contributed by atoms with E-state index in [0.717, 1.165) is 12.0 Å². The van der Waals surface area contributed by atoms with Crippen molar-refractivity contribution in [2.45, 2.75) is 20.3 Å². The smallest absolute Gasteiger partial charge is 0.313 e.